The molecule has 1 aliphatic carbocycles. The van der Waals surface area contributed by atoms with Crippen molar-refractivity contribution < 1.29 is 0 Å². The molecule has 1 unspecified atom stereocenters. The van der Waals surface area contributed by atoms with Crippen LogP contribution in [-0.4, -0.2) is 18.6 Å². The number of hydrogen-bond donors (Lipinski definition) is 1. The Balaban J connectivity index is 2.28. The summed E-state index contributed by atoms with van der Waals surface area (Å²) in [5, 5.41) is 0. The minimum atomic E-state index is 0.277. The van der Waals surface area contributed by atoms with E-state index in [-0.39, 0.29) is 5.41 Å². The minimum absolute atomic E-state index is 0.277. The first-order valence-electron chi connectivity index (χ1n) is 5.60. The molecular formula is C13H19NS. The van der Waals surface area contributed by atoms with E-state index in [1.165, 1.54) is 36.1 Å². The average Bonchev–Trinajstić information content (AvgIpc) is 2.66. The summed E-state index contributed by atoms with van der Waals surface area (Å²) < 4.78 is 0. The lowest BCUT2D eigenvalue weighted by atomic mass is 9.79. The van der Waals surface area contributed by atoms with Gasteiger partial charge in [-0.1, -0.05) is 24.3 Å². The zero-order chi connectivity index (χ0) is 10.7. The Morgan fingerprint density at radius 1 is 1.40 bits per heavy atom. The van der Waals surface area contributed by atoms with Gasteiger partial charge in [0.05, 0.1) is 0 Å². The van der Waals surface area contributed by atoms with Crippen LogP contribution in [0.5, 0.6) is 0 Å². The van der Waals surface area contributed by atoms with Crippen LogP contribution in [0, 0.1) is 0 Å². The second kappa shape index (κ2) is 4.58. The van der Waals surface area contributed by atoms with Crippen LogP contribution in [0.3, 0.4) is 0 Å². The Bertz CT molecular complexity index is 337. The highest BCUT2D eigenvalue weighted by Crippen LogP contribution is 2.41. The van der Waals surface area contributed by atoms with E-state index in [0.717, 1.165) is 6.54 Å². The molecule has 0 amide bonds. The molecule has 0 aliphatic heterocycles. The Kier molecular flexibility index (Phi) is 3.37. The second-order valence-corrected chi connectivity index (χ2v) is 5.37. The molecule has 1 aromatic carbocycles. The smallest absolute Gasteiger partial charge is 0.00892 e. The number of nitrogens with two attached hydrogens (primary N) is 1. The van der Waals surface area contributed by atoms with Gasteiger partial charge in [0.15, 0.2) is 0 Å². The van der Waals surface area contributed by atoms with Gasteiger partial charge in [0.1, 0.15) is 0 Å². The number of aryl methyl sites for hydroxylation is 1. The standard InChI is InChI=1S/C13H19NS/c1-15-9-8-13(10-14)7-6-11-4-2-3-5-12(11)13/h2-5H,6-10,14H2,1H3. The van der Waals surface area contributed by atoms with E-state index in [0.29, 0.717) is 0 Å². The first kappa shape index (κ1) is 11.0. The van der Waals surface area contributed by atoms with E-state index >= 15 is 0 Å². The Hall–Kier alpha value is -0.470. The van der Waals surface area contributed by atoms with Crippen molar-refractivity contribution in [2.24, 2.45) is 5.73 Å². The molecule has 1 nitrogen and oxygen atoms in total. The zero-order valence-electron chi connectivity index (χ0n) is 9.33. The Labute approximate surface area is 96.4 Å². The Morgan fingerprint density at radius 2 is 2.20 bits per heavy atom. The summed E-state index contributed by atoms with van der Waals surface area (Å²) in [7, 11) is 0. The van der Waals surface area contributed by atoms with Crippen LogP contribution in [0.25, 0.3) is 0 Å². The summed E-state index contributed by atoms with van der Waals surface area (Å²) in [6.45, 7) is 0.796. The fourth-order valence-corrected chi connectivity index (χ4v) is 3.23. The highest BCUT2D eigenvalue weighted by molar-refractivity contribution is 7.98. The third kappa shape index (κ3) is 1.93. The molecule has 0 radical (unpaired) electrons. The molecule has 0 heterocycles. The molecule has 1 atom stereocenters. The average molecular weight is 221 g/mol. The van der Waals surface area contributed by atoms with E-state index in [1.807, 2.05) is 11.8 Å². The molecule has 0 spiro atoms. The first-order chi connectivity index (χ1) is 7.32. The van der Waals surface area contributed by atoms with Gasteiger partial charge in [-0.3, -0.25) is 0 Å². The zero-order valence-corrected chi connectivity index (χ0v) is 10.1. The largest absolute Gasteiger partial charge is 0.330 e. The lowest BCUT2D eigenvalue weighted by molar-refractivity contribution is 0.423. The molecule has 0 saturated heterocycles. The van der Waals surface area contributed by atoms with E-state index < -0.39 is 0 Å². The van der Waals surface area contributed by atoms with Gasteiger partial charge in [0, 0.05) is 12.0 Å². The van der Waals surface area contributed by atoms with Gasteiger partial charge >= 0.3 is 0 Å². The van der Waals surface area contributed by atoms with Gasteiger partial charge in [-0.15, -0.1) is 0 Å². The molecule has 2 N–H and O–H groups in total. The van der Waals surface area contributed by atoms with Crippen molar-refractivity contribution in [3.05, 3.63) is 35.4 Å². The predicted molar refractivity (Wildman–Crippen MR) is 68.5 cm³/mol. The first-order valence-corrected chi connectivity index (χ1v) is 6.99. The van der Waals surface area contributed by atoms with Crippen molar-refractivity contribution in [2.75, 3.05) is 18.6 Å². The maximum absolute atomic E-state index is 6.02. The lowest BCUT2D eigenvalue weighted by Gasteiger charge is -2.28. The second-order valence-electron chi connectivity index (χ2n) is 4.38. The fraction of sp³-hybridized carbons (Fsp3) is 0.538. The summed E-state index contributed by atoms with van der Waals surface area (Å²) in [6, 6.07) is 8.81. The number of hydrogen-bond acceptors (Lipinski definition) is 2. The monoisotopic (exact) mass is 221 g/mol. The summed E-state index contributed by atoms with van der Waals surface area (Å²) in [5.41, 5.74) is 9.33. The number of fused-ring (bicyclic) bond motifs is 1. The van der Waals surface area contributed by atoms with Crippen LogP contribution in [0.1, 0.15) is 24.0 Å². The minimum Gasteiger partial charge on any atom is -0.330 e. The molecule has 2 rings (SSSR count). The third-order valence-corrected chi connectivity index (χ3v) is 4.25. The maximum atomic E-state index is 6.02. The van der Waals surface area contributed by atoms with E-state index in [2.05, 4.69) is 30.5 Å². The van der Waals surface area contributed by atoms with Crippen molar-refractivity contribution in [3.8, 4) is 0 Å². The highest BCUT2D eigenvalue weighted by Gasteiger charge is 2.36. The van der Waals surface area contributed by atoms with Gasteiger partial charge < -0.3 is 5.73 Å². The van der Waals surface area contributed by atoms with Crippen LogP contribution < -0.4 is 5.73 Å². The van der Waals surface area contributed by atoms with Gasteiger partial charge in [-0.25, -0.2) is 0 Å². The van der Waals surface area contributed by atoms with Crippen LogP contribution in [0.15, 0.2) is 24.3 Å². The van der Waals surface area contributed by atoms with Gasteiger partial charge in [-0.2, -0.15) is 11.8 Å². The van der Waals surface area contributed by atoms with Crippen LogP contribution in [-0.2, 0) is 11.8 Å². The quantitative estimate of drug-likeness (QED) is 0.845. The summed E-state index contributed by atoms with van der Waals surface area (Å²) in [5.74, 6) is 1.21. The maximum Gasteiger partial charge on any atom is 0.00892 e. The number of rotatable bonds is 4. The van der Waals surface area contributed by atoms with Crippen LogP contribution in [0.2, 0.25) is 0 Å². The summed E-state index contributed by atoms with van der Waals surface area (Å²) >= 11 is 1.92. The van der Waals surface area contributed by atoms with Crippen molar-refractivity contribution in [3.63, 3.8) is 0 Å². The molecule has 0 bridgehead atoms. The molecule has 1 aromatic rings. The van der Waals surface area contributed by atoms with Crippen molar-refractivity contribution in [1.29, 1.82) is 0 Å². The van der Waals surface area contributed by atoms with E-state index in [1.54, 1.807) is 0 Å². The predicted octanol–water partition coefficient (Wildman–Crippen LogP) is 2.58. The Morgan fingerprint density at radius 3 is 2.93 bits per heavy atom. The SMILES string of the molecule is CSCCC1(CN)CCc2ccccc21. The number of thioether (sulfide) groups is 1. The molecule has 2 heteroatoms. The highest BCUT2D eigenvalue weighted by atomic mass is 32.2. The van der Waals surface area contributed by atoms with Gasteiger partial charge in [-0.05, 0) is 42.4 Å². The van der Waals surface area contributed by atoms with Crippen molar-refractivity contribution in [2.45, 2.75) is 24.7 Å². The van der Waals surface area contributed by atoms with Gasteiger partial charge in [0.25, 0.3) is 0 Å². The van der Waals surface area contributed by atoms with E-state index in [9.17, 15) is 0 Å². The number of benzene rings is 1. The van der Waals surface area contributed by atoms with Crippen molar-refractivity contribution >= 4 is 11.8 Å². The fourth-order valence-electron chi connectivity index (χ4n) is 2.64. The normalized spacial score (nSPS) is 24.1. The van der Waals surface area contributed by atoms with Crippen molar-refractivity contribution in [1.82, 2.24) is 0 Å². The van der Waals surface area contributed by atoms with E-state index in [4.69, 9.17) is 5.73 Å². The topological polar surface area (TPSA) is 26.0 Å². The molecule has 0 aromatic heterocycles. The molecule has 1 aliphatic rings. The van der Waals surface area contributed by atoms with Gasteiger partial charge in [0.2, 0.25) is 0 Å². The molecule has 0 fully saturated rings. The summed E-state index contributed by atoms with van der Waals surface area (Å²) in [6.07, 6.45) is 5.85. The summed E-state index contributed by atoms with van der Waals surface area (Å²) in [4.78, 5) is 0. The van der Waals surface area contributed by atoms with Crippen LogP contribution >= 0.6 is 11.8 Å². The molecule has 15 heavy (non-hydrogen) atoms. The molecular weight excluding hydrogens is 202 g/mol. The third-order valence-electron chi connectivity index (χ3n) is 3.64. The molecule has 0 saturated carbocycles. The molecule has 82 valence electrons. The van der Waals surface area contributed by atoms with Crippen LogP contribution in [0.4, 0.5) is 0 Å². The lowest BCUT2D eigenvalue weighted by Crippen LogP contribution is -2.33.